The molecule has 3 heteroatoms. The number of aryl methyl sites for hydroxylation is 2. The third-order valence-electron chi connectivity index (χ3n) is 5.77. The fraction of sp³-hybridized carbons (Fsp3) is 0.545. The van der Waals surface area contributed by atoms with Gasteiger partial charge in [-0.1, -0.05) is 52.0 Å². The Labute approximate surface area is 150 Å². The minimum Gasteiger partial charge on any atom is -0.236 e. The smallest absolute Gasteiger partial charge is 0.162 e. The van der Waals surface area contributed by atoms with E-state index < -0.39 is 0 Å². The largest absolute Gasteiger partial charge is 0.236 e. The molecule has 2 nitrogen and oxygen atoms in total. The molecule has 134 valence electrons. The van der Waals surface area contributed by atoms with Crippen LogP contribution in [0.4, 0.5) is 4.39 Å². The molecule has 0 spiro atoms. The van der Waals surface area contributed by atoms with Gasteiger partial charge in [-0.25, -0.2) is 14.4 Å². The highest BCUT2D eigenvalue weighted by Gasteiger charge is 2.19. The van der Waals surface area contributed by atoms with E-state index in [1.165, 1.54) is 38.5 Å². The fourth-order valence-corrected chi connectivity index (χ4v) is 3.87. The van der Waals surface area contributed by atoms with Crippen molar-refractivity contribution in [1.29, 1.82) is 0 Å². The van der Waals surface area contributed by atoms with Gasteiger partial charge in [0, 0.05) is 12.4 Å². The lowest BCUT2D eigenvalue weighted by molar-refractivity contribution is 0.259. The number of nitrogens with zero attached hydrogens (tertiary/aromatic N) is 2. The molecule has 0 atom stereocenters. The van der Waals surface area contributed by atoms with Gasteiger partial charge in [-0.3, -0.25) is 0 Å². The van der Waals surface area contributed by atoms with Crippen LogP contribution in [0.15, 0.2) is 30.6 Å². The maximum absolute atomic E-state index is 14.5. The molecule has 0 radical (unpaired) electrons. The van der Waals surface area contributed by atoms with Crippen molar-refractivity contribution in [3.8, 4) is 11.4 Å². The van der Waals surface area contributed by atoms with Crippen molar-refractivity contribution in [3.05, 3.63) is 47.5 Å². The van der Waals surface area contributed by atoms with E-state index >= 15 is 0 Å². The maximum atomic E-state index is 14.5. The number of hydrogen-bond donors (Lipinski definition) is 0. The first kappa shape index (κ1) is 18.0. The summed E-state index contributed by atoms with van der Waals surface area (Å²) in [7, 11) is 0. The third-order valence-corrected chi connectivity index (χ3v) is 5.77. The molecule has 0 aliphatic heterocycles. The van der Waals surface area contributed by atoms with Gasteiger partial charge in [0.1, 0.15) is 5.82 Å². The Kier molecular flexibility index (Phi) is 6.17. The highest BCUT2D eigenvalue weighted by molar-refractivity contribution is 5.56. The van der Waals surface area contributed by atoms with Gasteiger partial charge < -0.3 is 0 Å². The zero-order chi connectivity index (χ0) is 17.6. The lowest BCUT2D eigenvalue weighted by atomic mass is 9.78. The third kappa shape index (κ3) is 4.65. The van der Waals surface area contributed by atoms with Crippen LogP contribution in [0.25, 0.3) is 11.4 Å². The second kappa shape index (κ2) is 8.55. The van der Waals surface area contributed by atoms with E-state index in [1.54, 1.807) is 18.5 Å². The van der Waals surface area contributed by atoms with Crippen LogP contribution in [0.1, 0.15) is 63.5 Å². The predicted octanol–water partition coefficient (Wildman–Crippen LogP) is 5.99. The minimum absolute atomic E-state index is 0.212. The van der Waals surface area contributed by atoms with Gasteiger partial charge in [-0.05, 0) is 54.4 Å². The number of benzene rings is 1. The topological polar surface area (TPSA) is 25.8 Å². The van der Waals surface area contributed by atoms with Crippen LogP contribution < -0.4 is 0 Å². The average Bonchev–Trinajstić information content (AvgIpc) is 2.67. The molecule has 1 aliphatic carbocycles. The molecule has 1 aliphatic rings. The lowest BCUT2D eigenvalue weighted by Gasteiger charge is -2.27. The van der Waals surface area contributed by atoms with Crippen molar-refractivity contribution in [3.63, 3.8) is 0 Å². The number of hydrogen-bond acceptors (Lipinski definition) is 2. The Bertz CT molecular complexity index is 673. The van der Waals surface area contributed by atoms with E-state index in [2.05, 4.69) is 23.8 Å². The molecule has 25 heavy (non-hydrogen) atoms. The summed E-state index contributed by atoms with van der Waals surface area (Å²) in [6.07, 6.45) is 13.4. The van der Waals surface area contributed by atoms with E-state index in [4.69, 9.17) is 0 Å². The molecule has 0 N–H and O–H groups in total. The Hall–Kier alpha value is -1.77. The van der Waals surface area contributed by atoms with Gasteiger partial charge in [0.25, 0.3) is 0 Å². The zero-order valence-electron chi connectivity index (χ0n) is 15.5. The highest BCUT2D eigenvalue weighted by atomic mass is 19.1. The van der Waals surface area contributed by atoms with Crippen molar-refractivity contribution in [2.45, 2.75) is 65.2 Å². The lowest BCUT2D eigenvalue weighted by Crippen LogP contribution is -2.14. The van der Waals surface area contributed by atoms with Crippen LogP contribution in [-0.2, 0) is 12.8 Å². The first-order valence-corrected chi connectivity index (χ1v) is 9.79. The standard InChI is InChI=1S/C22H29FN2/c1-3-16-5-7-18(8-6-16)9-10-19-11-12-20(21(23)13-19)22-24-14-17(4-2)15-25-22/h11-16,18H,3-10H2,1-2H3. The molecule has 1 fully saturated rings. The van der Waals surface area contributed by atoms with E-state index in [-0.39, 0.29) is 5.82 Å². The van der Waals surface area contributed by atoms with Crippen molar-refractivity contribution in [2.75, 3.05) is 0 Å². The van der Waals surface area contributed by atoms with E-state index in [0.717, 1.165) is 35.8 Å². The van der Waals surface area contributed by atoms with Crippen molar-refractivity contribution < 1.29 is 4.39 Å². The first-order valence-electron chi connectivity index (χ1n) is 9.79. The van der Waals surface area contributed by atoms with Crippen LogP contribution in [-0.4, -0.2) is 9.97 Å². The van der Waals surface area contributed by atoms with Crippen LogP contribution in [0, 0.1) is 17.7 Å². The quantitative estimate of drug-likeness (QED) is 0.645. The van der Waals surface area contributed by atoms with E-state index in [9.17, 15) is 4.39 Å². The molecule has 1 aromatic heterocycles. The monoisotopic (exact) mass is 340 g/mol. The summed E-state index contributed by atoms with van der Waals surface area (Å²) < 4.78 is 14.5. The van der Waals surface area contributed by atoms with Gasteiger partial charge in [0.05, 0.1) is 5.56 Å². The summed E-state index contributed by atoms with van der Waals surface area (Å²) in [4.78, 5) is 8.59. The summed E-state index contributed by atoms with van der Waals surface area (Å²) in [5.74, 6) is 2.01. The molecular weight excluding hydrogens is 311 g/mol. The van der Waals surface area contributed by atoms with Crippen molar-refractivity contribution >= 4 is 0 Å². The fourth-order valence-electron chi connectivity index (χ4n) is 3.87. The Morgan fingerprint density at radius 2 is 1.64 bits per heavy atom. The molecular formula is C22H29FN2. The second-order valence-corrected chi connectivity index (χ2v) is 7.42. The zero-order valence-corrected chi connectivity index (χ0v) is 15.5. The average molecular weight is 340 g/mol. The SMILES string of the molecule is CCc1cnc(-c2ccc(CCC3CCC(CC)CC3)cc2F)nc1. The Morgan fingerprint density at radius 1 is 0.960 bits per heavy atom. The summed E-state index contributed by atoms with van der Waals surface area (Å²) >= 11 is 0. The van der Waals surface area contributed by atoms with Gasteiger partial charge in [0.15, 0.2) is 5.82 Å². The molecule has 0 amide bonds. The number of aromatic nitrogens is 2. The van der Waals surface area contributed by atoms with Crippen LogP contribution in [0.2, 0.25) is 0 Å². The normalized spacial score (nSPS) is 20.6. The second-order valence-electron chi connectivity index (χ2n) is 7.42. The van der Waals surface area contributed by atoms with E-state index in [0.29, 0.717) is 11.4 Å². The Balaban J connectivity index is 1.60. The number of rotatable bonds is 6. The highest BCUT2D eigenvalue weighted by Crippen LogP contribution is 2.33. The Morgan fingerprint density at radius 3 is 2.24 bits per heavy atom. The van der Waals surface area contributed by atoms with Crippen LogP contribution in [0.5, 0.6) is 0 Å². The molecule has 0 saturated heterocycles. The maximum Gasteiger partial charge on any atom is 0.162 e. The summed E-state index contributed by atoms with van der Waals surface area (Å²) in [6.45, 7) is 4.36. The molecule has 1 saturated carbocycles. The van der Waals surface area contributed by atoms with Gasteiger partial charge in [-0.15, -0.1) is 0 Å². The summed E-state index contributed by atoms with van der Waals surface area (Å²) in [5.41, 5.74) is 2.65. The molecule has 2 aromatic rings. The summed E-state index contributed by atoms with van der Waals surface area (Å²) in [6, 6.07) is 5.54. The molecule has 1 heterocycles. The molecule has 1 aromatic carbocycles. The first-order chi connectivity index (χ1) is 12.2. The van der Waals surface area contributed by atoms with Crippen LogP contribution >= 0.6 is 0 Å². The minimum atomic E-state index is -0.212. The van der Waals surface area contributed by atoms with Gasteiger partial charge in [-0.2, -0.15) is 0 Å². The van der Waals surface area contributed by atoms with Crippen molar-refractivity contribution in [1.82, 2.24) is 9.97 Å². The summed E-state index contributed by atoms with van der Waals surface area (Å²) in [5, 5.41) is 0. The van der Waals surface area contributed by atoms with E-state index in [1.807, 2.05) is 12.1 Å². The van der Waals surface area contributed by atoms with Crippen molar-refractivity contribution in [2.24, 2.45) is 11.8 Å². The van der Waals surface area contributed by atoms with Gasteiger partial charge >= 0.3 is 0 Å². The van der Waals surface area contributed by atoms with Gasteiger partial charge in [0.2, 0.25) is 0 Å². The number of halogens is 1. The van der Waals surface area contributed by atoms with Crippen LogP contribution in [0.3, 0.4) is 0 Å². The predicted molar refractivity (Wildman–Crippen MR) is 101 cm³/mol. The molecule has 3 rings (SSSR count). The molecule has 0 bridgehead atoms. The molecule has 0 unspecified atom stereocenters.